The minimum atomic E-state index is -0.317. The van der Waals surface area contributed by atoms with Crippen LogP contribution in [0.5, 0.6) is 0 Å². The molecule has 17 heavy (non-hydrogen) atoms. The van der Waals surface area contributed by atoms with E-state index in [0.29, 0.717) is 24.3 Å². The lowest BCUT2D eigenvalue weighted by Gasteiger charge is -2.32. The van der Waals surface area contributed by atoms with Crippen LogP contribution in [0, 0.1) is 0 Å². The van der Waals surface area contributed by atoms with E-state index < -0.39 is 0 Å². The quantitative estimate of drug-likeness (QED) is 0.803. The van der Waals surface area contributed by atoms with Crippen LogP contribution < -0.4 is 5.73 Å². The van der Waals surface area contributed by atoms with E-state index in [1.54, 1.807) is 12.1 Å². The SMILES string of the molecule is COC(=O)c1ccc(COC2CC(N)C2)cc1. The standard InChI is InChI=1S/C13H17NO3/c1-16-13(15)10-4-2-9(3-5-10)8-17-12-6-11(14)7-12/h2-5,11-12H,6-8,14H2,1H3. The van der Waals surface area contributed by atoms with Gasteiger partial charge in [-0.3, -0.25) is 0 Å². The molecule has 2 N–H and O–H groups in total. The number of hydrogen-bond acceptors (Lipinski definition) is 4. The molecule has 92 valence electrons. The molecule has 1 aromatic rings. The van der Waals surface area contributed by atoms with Gasteiger partial charge in [0.15, 0.2) is 0 Å². The Morgan fingerprint density at radius 3 is 2.53 bits per heavy atom. The lowest BCUT2D eigenvalue weighted by molar-refractivity contribution is -0.0188. The molecule has 0 spiro atoms. The van der Waals surface area contributed by atoms with Crippen molar-refractivity contribution in [3.63, 3.8) is 0 Å². The van der Waals surface area contributed by atoms with Crippen molar-refractivity contribution in [2.45, 2.75) is 31.6 Å². The summed E-state index contributed by atoms with van der Waals surface area (Å²) in [5.74, 6) is -0.317. The zero-order valence-electron chi connectivity index (χ0n) is 9.89. The van der Waals surface area contributed by atoms with Crippen molar-refractivity contribution in [2.24, 2.45) is 5.73 Å². The molecule has 4 nitrogen and oxygen atoms in total. The fraction of sp³-hybridized carbons (Fsp3) is 0.462. The first kappa shape index (κ1) is 12.1. The van der Waals surface area contributed by atoms with E-state index in [-0.39, 0.29) is 5.97 Å². The second-order valence-electron chi connectivity index (χ2n) is 4.35. The van der Waals surface area contributed by atoms with Crippen LogP contribution in [0.1, 0.15) is 28.8 Å². The van der Waals surface area contributed by atoms with Gasteiger partial charge < -0.3 is 15.2 Å². The highest BCUT2D eigenvalue weighted by Crippen LogP contribution is 2.22. The summed E-state index contributed by atoms with van der Waals surface area (Å²) in [6, 6.07) is 7.56. The zero-order valence-corrected chi connectivity index (χ0v) is 9.89. The summed E-state index contributed by atoms with van der Waals surface area (Å²) in [4.78, 5) is 11.2. The predicted octanol–water partition coefficient (Wildman–Crippen LogP) is 1.48. The third-order valence-corrected chi connectivity index (χ3v) is 2.99. The van der Waals surface area contributed by atoms with E-state index in [2.05, 4.69) is 4.74 Å². The Hall–Kier alpha value is -1.39. The summed E-state index contributed by atoms with van der Waals surface area (Å²) in [5.41, 5.74) is 7.29. The van der Waals surface area contributed by atoms with Gasteiger partial charge in [-0.2, -0.15) is 0 Å². The monoisotopic (exact) mass is 235 g/mol. The molecule has 0 radical (unpaired) electrons. The van der Waals surface area contributed by atoms with Gasteiger partial charge in [0.25, 0.3) is 0 Å². The number of nitrogens with two attached hydrogens (primary N) is 1. The van der Waals surface area contributed by atoms with Gasteiger partial charge in [-0.1, -0.05) is 12.1 Å². The molecule has 0 unspecified atom stereocenters. The molecule has 0 amide bonds. The van der Waals surface area contributed by atoms with Gasteiger partial charge in [0, 0.05) is 6.04 Å². The maximum absolute atomic E-state index is 11.2. The molecule has 1 saturated carbocycles. The van der Waals surface area contributed by atoms with E-state index >= 15 is 0 Å². The smallest absolute Gasteiger partial charge is 0.337 e. The molecule has 0 heterocycles. The maximum atomic E-state index is 11.2. The predicted molar refractivity (Wildman–Crippen MR) is 63.6 cm³/mol. The minimum Gasteiger partial charge on any atom is -0.465 e. The van der Waals surface area contributed by atoms with Gasteiger partial charge in [0.1, 0.15) is 0 Å². The average molecular weight is 235 g/mol. The lowest BCUT2D eigenvalue weighted by atomic mass is 9.90. The number of ether oxygens (including phenoxy) is 2. The number of rotatable bonds is 4. The van der Waals surface area contributed by atoms with Crippen LogP contribution in [0.25, 0.3) is 0 Å². The van der Waals surface area contributed by atoms with Crippen molar-refractivity contribution < 1.29 is 14.3 Å². The van der Waals surface area contributed by atoms with Gasteiger partial charge in [-0.25, -0.2) is 4.79 Å². The van der Waals surface area contributed by atoms with E-state index in [9.17, 15) is 4.79 Å². The first-order valence-electron chi connectivity index (χ1n) is 5.73. The highest BCUT2D eigenvalue weighted by Gasteiger charge is 2.26. The largest absolute Gasteiger partial charge is 0.465 e. The summed E-state index contributed by atoms with van der Waals surface area (Å²) in [6.45, 7) is 0.568. The van der Waals surface area contributed by atoms with Gasteiger partial charge in [-0.05, 0) is 30.5 Å². The van der Waals surface area contributed by atoms with Crippen LogP contribution in [-0.2, 0) is 16.1 Å². The number of methoxy groups -OCH3 is 1. The third kappa shape index (κ3) is 3.05. The average Bonchev–Trinajstić information content (AvgIpc) is 2.33. The molecule has 0 aromatic heterocycles. The normalized spacial score (nSPS) is 22.9. The second kappa shape index (κ2) is 5.29. The Bertz CT molecular complexity index is 382. The molecule has 2 rings (SSSR count). The highest BCUT2D eigenvalue weighted by atomic mass is 16.5. The first-order chi connectivity index (χ1) is 8.19. The summed E-state index contributed by atoms with van der Waals surface area (Å²) >= 11 is 0. The number of hydrogen-bond donors (Lipinski definition) is 1. The van der Waals surface area contributed by atoms with Crippen LogP contribution in [0.3, 0.4) is 0 Å². The van der Waals surface area contributed by atoms with Crippen molar-refractivity contribution in [1.29, 1.82) is 0 Å². The van der Waals surface area contributed by atoms with Crippen molar-refractivity contribution in [1.82, 2.24) is 0 Å². The summed E-state index contributed by atoms with van der Waals surface area (Å²) in [7, 11) is 1.37. The zero-order chi connectivity index (χ0) is 12.3. The minimum absolute atomic E-state index is 0.297. The molecule has 0 aliphatic heterocycles. The molecule has 1 aliphatic rings. The number of carbonyl (C=O) groups excluding carboxylic acids is 1. The lowest BCUT2D eigenvalue weighted by Crippen LogP contribution is -2.41. The summed E-state index contributed by atoms with van der Waals surface area (Å²) in [6.07, 6.45) is 2.19. The first-order valence-corrected chi connectivity index (χ1v) is 5.73. The molecule has 0 bridgehead atoms. The summed E-state index contributed by atoms with van der Waals surface area (Å²) in [5, 5.41) is 0. The molecule has 0 atom stereocenters. The Morgan fingerprint density at radius 2 is 2.00 bits per heavy atom. The highest BCUT2D eigenvalue weighted by molar-refractivity contribution is 5.89. The molecular weight excluding hydrogens is 218 g/mol. The van der Waals surface area contributed by atoms with Crippen molar-refractivity contribution in [3.8, 4) is 0 Å². The van der Waals surface area contributed by atoms with Gasteiger partial charge in [-0.15, -0.1) is 0 Å². The Balaban J connectivity index is 1.83. The molecule has 1 aliphatic carbocycles. The van der Waals surface area contributed by atoms with Crippen LogP contribution >= 0.6 is 0 Å². The van der Waals surface area contributed by atoms with Crippen LogP contribution in [0.15, 0.2) is 24.3 Å². The van der Waals surface area contributed by atoms with Crippen LogP contribution in [0.2, 0.25) is 0 Å². The van der Waals surface area contributed by atoms with Gasteiger partial charge in [0.05, 0.1) is 25.4 Å². The number of esters is 1. The van der Waals surface area contributed by atoms with Crippen LogP contribution in [-0.4, -0.2) is 25.2 Å². The van der Waals surface area contributed by atoms with Crippen molar-refractivity contribution in [2.75, 3.05) is 7.11 Å². The Kier molecular flexibility index (Phi) is 3.76. The topological polar surface area (TPSA) is 61.5 Å². The van der Waals surface area contributed by atoms with E-state index in [1.165, 1.54) is 7.11 Å². The molecule has 0 saturated heterocycles. The van der Waals surface area contributed by atoms with E-state index in [4.69, 9.17) is 10.5 Å². The molecule has 4 heteroatoms. The van der Waals surface area contributed by atoms with Crippen molar-refractivity contribution in [3.05, 3.63) is 35.4 Å². The Morgan fingerprint density at radius 1 is 1.35 bits per heavy atom. The number of benzene rings is 1. The fourth-order valence-electron chi connectivity index (χ4n) is 1.81. The molecule has 1 aromatic carbocycles. The van der Waals surface area contributed by atoms with E-state index in [1.807, 2.05) is 12.1 Å². The van der Waals surface area contributed by atoms with Crippen molar-refractivity contribution >= 4 is 5.97 Å². The molecular formula is C13H17NO3. The van der Waals surface area contributed by atoms with E-state index in [0.717, 1.165) is 18.4 Å². The second-order valence-corrected chi connectivity index (χ2v) is 4.35. The van der Waals surface area contributed by atoms with Gasteiger partial charge >= 0.3 is 5.97 Å². The van der Waals surface area contributed by atoms with Gasteiger partial charge in [0.2, 0.25) is 0 Å². The fourth-order valence-corrected chi connectivity index (χ4v) is 1.81. The Labute approximate surface area is 101 Å². The maximum Gasteiger partial charge on any atom is 0.337 e. The third-order valence-electron chi connectivity index (χ3n) is 2.99. The number of carbonyl (C=O) groups is 1. The molecule has 1 fully saturated rings. The van der Waals surface area contributed by atoms with Crippen LogP contribution in [0.4, 0.5) is 0 Å². The summed E-state index contributed by atoms with van der Waals surface area (Å²) < 4.78 is 10.3.